The van der Waals surface area contributed by atoms with E-state index in [0.717, 1.165) is 59.7 Å². The zero-order chi connectivity index (χ0) is 19.3. The third-order valence-corrected chi connectivity index (χ3v) is 5.62. The molecule has 1 aromatic carbocycles. The molecule has 1 saturated heterocycles. The molecule has 1 fully saturated rings. The first kappa shape index (κ1) is 22.4. The summed E-state index contributed by atoms with van der Waals surface area (Å²) in [4.78, 5) is 4.53. The van der Waals surface area contributed by atoms with Crippen LogP contribution >= 0.6 is 24.8 Å². The Bertz CT molecular complexity index is 1200. The van der Waals surface area contributed by atoms with Gasteiger partial charge in [-0.1, -0.05) is 0 Å². The number of hydrogen-bond acceptors (Lipinski definition) is 4. The highest BCUT2D eigenvalue weighted by atomic mass is 35.5. The fourth-order valence-electron chi connectivity index (χ4n) is 4.15. The fraction of sp³-hybridized carbons (Fsp3) is 0.318. The van der Waals surface area contributed by atoms with Crippen LogP contribution in [0.4, 0.5) is 4.39 Å². The van der Waals surface area contributed by atoms with Crippen molar-refractivity contribution in [2.24, 2.45) is 0 Å². The van der Waals surface area contributed by atoms with Crippen molar-refractivity contribution < 1.29 is 4.39 Å². The van der Waals surface area contributed by atoms with Crippen molar-refractivity contribution in [2.75, 3.05) is 13.1 Å². The van der Waals surface area contributed by atoms with Crippen molar-refractivity contribution in [1.82, 2.24) is 24.9 Å². The van der Waals surface area contributed by atoms with Crippen LogP contribution < -0.4 is 5.32 Å². The summed E-state index contributed by atoms with van der Waals surface area (Å²) < 4.78 is 17.0. The zero-order valence-electron chi connectivity index (χ0n) is 16.9. The molecule has 5 rings (SSSR count). The summed E-state index contributed by atoms with van der Waals surface area (Å²) in [6, 6.07) is 7.44. The molecule has 158 valence electrons. The minimum absolute atomic E-state index is 0. The largest absolute Gasteiger partial charge is 0.317 e. The molecule has 0 radical (unpaired) electrons. The van der Waals surface area contributed by atoms with Gasteiger partial charge in [-0.25, -0.2) is 9.37 Å². The SMILES string of the molecule is Cc1cn2cc(-c3cc(F)c4cc(C5CCNCC5)nnc4c3)cc(C)c2n1.Cl.Cl. The topological polar surface area (TPSA) is 55.1 Å². The highest BCUT2D eigenvalue weighted by Gasteiger charge is 2.18. The van der Waals surface area contributed by atoms with E-state index in [4.69, 9.17) is 0 Å². The van der Waals surface area contributed by atoms with E-state index >= 15 is 0 Å². The molecule has 1 N–H and O–H groups in total. The van der Waals surface area contributed by atoms with Gasteiger partial charge < -0.3 is 9.72 Å². The smallest absolute Gasteiger partial charge is 0.139 e. The van der Waals surface area contributed by atoms with Gasteiger partial charge in [-0.05, 0) is 80.7 Å². The van der Waals surface area contributed by atoms with Crippen LogP contribution in [0.25, 0.3) is 27.7 Å². The summed E-state index contributed by atoms with van der Waals surface area (Å²) >= 11 is 0. The van der Waals surface area contributed by atoms with Gasteiger partial charge in [0.05, 0.1) is 16.9 Å². The molecule has 0 atom stereocenters. The minimum Gasteiger partial charge on any atom is -0.317 e. The number of imidazole rings is 1. The number of rotatable bonds is 2. The monoisotopic (exact) mass is 447 g/mol. The van der Waals surface area contributed by atoms with Crippen LogP contribution in [0.5, 0.6) is 0 Å². The quantitative estimate of drug-likeness (QED) is 0.469. The molecule has 0 unspecified atom stereocenters. The van der Waals surface area contributed by atoms with E-state index in [-0.39, 0.29) is 30.6 Å². The van der Waals surface area contributed by atoms with E-state index in [1.54, 1.807) is 6.07 Å². The van der Waals surface area contributed by atoms with Gasteiger partial charge in [0.1, 0.15) is 11.5 Å². The molecule has 4 heterocycles. The number of hydrogen-bond donors (Lipinski definition) is 1. The first-order chi connectivity index (χ1) is 13.6. The molecular weight excluding hydrogens is 424 g/mol. The molecule has 3 aromatic heterocycles. The Morgan fingerprint density at radius 3 is 2.50 bits per heavy atom. The number of benzene rings is 1. The Hall–Kier alpha value is -2.28. The number of nitrogens with zero attached hydrogens (tertiary/aromatic N) is 4. The van der Waals surface area contributed by atoms with Crippen molar-refractivity contribution in [2.45, 2.75) is 32.6 Å². The van der Waals surface area contributed by atoms with Gasteiger partial charge in [-0.3, -0.25) is 0 Å². The van der Waals surface area contributed by atoms with Gasteiger partial charge in [-0.15, -0.1) is 24.8 Å². The van der Waals surface area contributed by atoms with E-state index in [1.807, 2.05) is 48.8 Å². The number of aromatic nitrogens is 4. The van der Waals surface area contributed by atoms with Crippen LogP contribution in [0.15, 0.2) is 36.7 Å². The molecule has 0 aliphatic carbocycles. The molecule has 0 saturated carbocycles. The normalized spacial score (nSPS) is 14.5. The van der Waals surface area contributed by atoms with E-state index in [1.165, 1.54) is 0 Å². The molecule has 1 aliphatic heterocycles. The molecular formula is C22H24Cl2FN5. The maximum atomic E-state index is 15.0. The Kier molecular flexibility index (Phi) is 6.60. The van der Waals surface area contributed by atoms with Gasteiger partial charge >= 0.3 is 0 Å². The standard InChI is InChI=1S/C22H22FN5.2ClH/c1-13-7-17(12-28-11-14(2)25-22(13)28)16-8-19(23)18-10-20(26-27-21(18)9-16)15-3-5-24-6-4-15;;/h7-12,15,24H,3-6H2,1-2H3;2*1H. The van der Waals surface area contributed by atoms with Crippen molar-refractivity contribution in [3.8, 4) is 11.1 Å². The van der Waals surface area contributed by atoms with Gasteiger partial charge in [0.2, 0.25) is 0 Å². The second-order valence-corrected chi connectivity index (χ2v) is 7.71. The van der Waals surface area contributed by atoms with Crippen molar-refractivity contribution in [3.63, 3.8) is 0 Å². The highest BCUT2D eigenvalue weighted by molar-refractivity contribution is 5.86. The van der Waals surface area contributed by atoms with Crippen LogP contribution in [-0.4, -0.2) is 32.7 Å². The lowest BCUT2D eigenvalue weighted by atomic mass is 9.93. The number of halogens is 3. The number of nitrogens with one attached hydrogen (secondary N) is 1. The number of fused-ring (bicyclic) bond motifs is 2. The first-order valence-electron chi connectivity index (χ1n) is 9.72. The van der Waals surface area contributed by atoms with E-state index in [0.29, 0.717) is 16.8 Å². The van der Waals surface area contributed by atoms with Crippen LogP contribution in [0.2, 0.25) is 0 Å². The Balaban J connectivity index is 0.00000128. The van der Waals surface area contributed by atoms with E-state index in [9.17, 15) is 4.39 Å². The summed E-state index contributed by atoms with van der Waals surface area (Å²) in [6.45, 7) is 5.94. The van der Waals surface area contributed by atoms with Crippen LogP contribution in [0.1, 0.15) is 35.7 Å². The molecule has 4 aromatic rings. The van der Waals surface area contributed by atoms with E-state index < -0.39 is 0 Å². The first-order valence-corrected chi connectivity index (χ1v) is 9.72. The molecule has 0 amide bonds. The third kappa shape index (κ3) is 4.00. The summed E-state index contributed by atoms with van der Waals surface area (Å²) in [7, 11) is 0. The zero-order valence-corrected chi connectivity index (χ0v) is 18.5. The second kappa shape index (κ2) is 8.84. The minimum atomic E-state index is -0.253. The molecule has 5 nitrogen and oxygen atoms in total. The van der Waals surface area contributed by atoms with Gasteiger partial charge in [-0.2, -0.15) is 10.2 Å². The average molecular weight is 448 g/mol. The lowest BCUT2D eigenvalue weighted by Crippen LogP contribution is -2.27. The van der Waals surface area contributed by atoms with E-state index in [2.05, 4.69) is 20.5 Å². The van der Waals surface area contributed by atoms with Crippen molar-refractivity contribution in [3.05, 3.63) is 59.4 Å². The Labute approximate surface area is 186 Å². The maximum absolute atomic E-state index is 15.0. The number of pyridine rings is 1. The van der Waals surface area contributed by atoms with Crippen LogP contribution in [0, 0.1) is 19.7 Å². The summed E-state index contributed by atoms with van der Waals surface area (Å²) in [5.74, 6) is 0.101. The predicted molar refractivity (Wildman–Crippen MR) is 122 cm³/mol. The Morgan fingerprint density at radius 1 is 0.967 bits per heavy atom. The lowest BCUT2D eigenvalue weighted by molar-refractivity contribution is 0.451. The number of aryl methyl sites for hydroxylation is 2. The molecule has 0 spiro atoms. The highest BCUT2D eigenvalue weighted by Crippen LogP contribution is 2.30. The van der Waals surface area contributed by atoms with Crippen molar-refractivity contribution >= 4 is 41.4 Å². The average Bonchev–Trinajstić information content (AvgIpc) is 3.09. The summed E-state index contributed by atoms with van der Waals surface area (Å²) in [5, 5.41) is 12.7. The fourth-order valence-corrected chi connectivity index (χ4v) is 4.15. The number of piperidine rings is 1. The maximum Gasteiger partial charge on any atom is 0.139 e. The van der Waals surface area contributed by atoms with Crippen LogP contribution in [0.3, 0.4) is 0 Å². The van der Waals surface area contributed by atoms with Gasteiger partial charge in [0.25, 0.3) is 0 Å². The molecule has 1 aliphatic rings. The molecule has 8 heteroatoms. The Morgan fingerprint density at radius 2 is 1.73 bits per heavy atom. The van der Waals surface area contributed by atoms with Crippen LogP contribution in [-0.2, 0) is 0 Å². The molecule has 0 bridgehead atoms. The van der Waals surface area contributed by atoms with Gasteiger partial charge in [0.15, 0.2) is 0 Å². The van der Waals surface area contributed by atoms with Crippen molar-refractivity contribution in [1.29, 1.82) is 0 Å². The summed E-state index contributed by atoms with van der Waals surface area (Å²) in [6.07, 6.45) is 6.00. The van der Waals surface area contributed by atoms with Gasteiger partial charge in [0, 0.05) is 23.7 Å². The molecule has 30 heavy (non-hydrogen) atoms. The predicted octanol–water partition coefficient (Wildman–Crippen LogP) is 5.01. The summed E-state index contributed by atoms with van der Waals surface area (Å²) in [5.41, 5.74) is 6.16. The lowest BCUT2D eigenvalue weighted by Gasteiger charge is -2.21. The second-order valence-electron chi connectivity index (χ2n) is 7.71. The third-order valence-electron chi connectivity index (χ3n) is 5.62.